The van der Waals surface area contributed by atoms with Gasteiger partial charge in [0.05, 0.1) is 37.5 Å². The molecule has 12 heteroatoms. The molecule has 10 nitrogen and oxygen atoms in total. The van der Waals surface area contributed by atoms with Crippen LogP contribution >= 0.6 is 23.1 Å². The van der Waals surface area contributed by atoms with Crippen molar-refractivity contribution in [2.45, 2.75) is 29.5 Å². The number of benzene rings is 1. The van der Waals surface area contributed by atoms with Gasteiger partial charge < -0.3 is 20.9 Å². The van der Waals surface area contributed by atoms with Crippen LogP contribution in [0.2, 0.25) is 0 Å². The standard InChI is InChI=1S/C22H22N6O4S2/c1-31-11-6-7-16(32-2)12(8-11)18-13(9-23)20(25)28(14-4-3-5-15(29)19(14)18)21-26-27-22(34-21)33-10-17(24)30/h6-8,18H,3-5,10,25H2,1-2H3,(H2,24,30). The molecule has 1 aromatic carbocycles. The minimum Gasteiger partial charge on any atom is -0.497 e. The van der Waals surface area contributed by atoms with E-state index in [0.29, 0.717) is 57.1 Å². The smallest absolute Gasteiger partial charge is 0.227 e. The van der Waals surface area contributed by atoms with E-state index in [1.54, 1.807) is 30.2 Å². The molecule has 2 aliphatic rings. The van der Waals surface area contributed by atoms with Crippen molar-refractivity contribution in [2.24, 2.45) is 11.5 Å². The third-order valence-electron chi connectivity index (χ3n) is 5.59. The molecule has 0 bridgehead atoms. The van der Waals surface area contributed by atoms with Crippen molar-refractivity contribution in [3.05, 3.63) is 46.4 Å². The van der Waals surface area contributed by atoms with Crippen LogP contribution in [-0.4, -0.2) is 41.9 Å². The second-order valence-corrected chi connectivity index (χ2v) is 9.71. The number of anilines is 1. The van der Waals surface area contributed by atoms with Crippen LogP contribution in [-0.2, 0) is 9.59 Å². The summed E-state index contributed by atoms with van der Waals surface area (Å²) < 4.78 is 11.5. The molecule has 176 valence electrons. The minimum atomic E-state index is -0.703. The van der Waals surface area contributed by atoms with Gasteiger partial charge in [-0.2, -0.15) is 5.26 Å². The molecule has 0 radical (unpaired) electrons. The van der Waals surface area contributed by atoms with Crippen molar-refractivity contribution in [1.29, 1.82) is 5.26 Å². The lowest BCUT2D eigenvalue weighted by Crippen LogP contribution is -2.38. The van der Waals surface area contributed by atoms with Gasteiger partial charge in [0.15, 0.2) is 10.1 Å². The number of primary amides is 1. The van der Waals surface area contributed by atoms with Crippen LogP contribution in [0.25, 0.3) is 0 Å². The van der Waals surface area contributed by atoms with Crippen molar-refractivity contribution in [3.8, 4) is 17.6 Å². The molecule has 0 saturated carbocycles. The van der Waals surface area contributed by atoms with E-state index in [4.69, 9.17) is 20.9 Å². The van der Waals surface area contributed by atoms with E-state index in [0.717, 1.165) is 0 Å². The number of Topliss-reactive ketones (excluding diaryl/α,β-unsaturated/α-hetero) is 1. The summed E-state index contributed by atoms with van der Waals surface area (Å²) in [6, 6.07) is 7.47. The van der Waals surface area contributed by atoms with Crippen LogP contribution in [0.15, 0.2) is 45.2 Å². The average Bonchev–Trinajstić information content (AvgIpc) is 3.30. The molecule has 4 N–H and O–H groups in total. The largest absolute Gasteiger partial charge is 0.497 e. The fraction of sp³-hybridized carbons (Fsp3) is 0.318. The molecular weight excluding hydrogens is 476 g/mol. The van der Waals surface area contributed by atoms with Crippen molar-refractivity contribution in [1.82, 2.24) is 10.2 Å². The zero-order valence-electron chi connectivity index (χ0n) is 18.5. The topological polar surface area (TPSA) is 157 Å². The molecule has 1 aromatic heterocycles. The maximum atomic E-state index is 13.3. The zero-order valence-corrected chi connectivity index (χ0v) is 20.2. The lowest BCUT2D eigenvalue weighted by Gasteiger charge is -2.38. The zero-order chi connectivity index (χ0) is 24.4. The first kappa shape index (κ1) is 23.6. The Morgan fingerprint density at radius 2 is 2.12 bits per heavy atom. The van der Waals surface area contributed by atoms with Crippen LogP contribution in [0.5, 0.6) is 11.5 Å². The summed E-state index contributed by atoms with van der Waals surface area (Å²) in [6.07, 6.45) is 1.59. The Kier molecular flexibility index (Phi) is 6.76. The van der Waals surface area contributed by atoms with Gasteiger partial charge in [0.2, 0.25) is 11.0 Å². The molecule has 2 heterocycles. The van der Waals surface area contributed by atoms with E-state index in [2.05, 4.69) is 16.3 Å². The Hall–Kier alpha value is -3.56. The van der Waals surface area contributed by atoms with Gasteiger partial charge in [0, 0.05) is 23.3 Å². The Bertz CT molecular complexity index is 1260. The summed E-state index contributed by atoms with van der Waals surface area (Å²) in [5.41, 5.74) is 13.8. The number of nitrogens with two attached hydrogens (primary N) is 2. The highest BCUT2D eigenvalue weighted by Gasteiger charge is 2.42. The first-order valence-electron chi connectivity index (χ1n) is 10.3. The summed E-state index contributed by atoms with van der Waals surface area (Å²) in [5, 5.41) is 18.9. The first-order valence-corrected chi connectivity index (χ1v) is 12.1. The summed E-state index contributed by atoms with van der Waals surface area (Å²) in [5.74, 6) is 0.0936. The lowest BCUT2D eigenvalue weighted by molar-refractivity contribution is -0.116. The molecule has 0 fully saturated rings. The minimum absolute atomic E-state index is 0.0609. The number of rotatable bonds is 7. The highest BCUT2D eigenvalue weighted by Crippen LogP contribution is 2.49. The third-order valence-corrected chi connectivity index (χ3v) is 7.65. The van der Waals surface area contributed by atoms with E-state index < -0.39 is 11.8 Å². The van der Waals surface area contributed by atoms with Gasteiger partial charge in [-0.25, -0.2) is 0 Å². The summed E-state index contributed by atoms with van der Waals surface area (Å²) in [4.78, 5) is 26.0. The van der Waals surface area contributed by atoms with Gasteiger partial charge in [-0.15, -0.1) is 10.2 Å². The maximum Gasteiger partial charge on any atom is 0.227 e. The number of aromatic nitrogens is 2. The van der Waals surface area contributed by atoms with Crippen LogP contribution in [0, 0.1) is 11.3 Å². The molecule has 1 aliphatic carbocycles. The number of methoxy groups -OCH3 is 2. The predicted molar refractivity (Wildman–Crippen MR) is 127 cm³/mol. The molecular formula is C22H22N6O4S2. The highest BCUT2D eigenvalue weighted by molar-refractivity contribution is 8.01. The molecule has 1 aliphatic heterocycles. The molecule has 1 unspecified atom stereocenters. The van der Waals surface area contributed by atoms with Crippen LogP contribution in [0.1, 0.15) is 30.7 Å². The van der Waals surface area contributed by atoms with Crippen molar-refractivity contribution >= 4 is 39.9 Å². The van der Waals surface area contributed by atoms with Gasteiger partial charge >= 0.3 is 0 Å². The Morgan fingerprint density at radius 3 is 2.79 bits per heavy atom. The normalized spacial score (nSPS) is 18.0. The van der Waals surface area contributed by atoms with E-state index >= 15 is 0 Å². The summed E-state index contributed by atoms with van der Waals surface area (Å²) >= 11 is 2.38. The monoisotopic (exact) mass is 498 g/mol. The van der Waals surface area contributed by atoms with Crippen LogP contribution in [0.4, 0.5) is 5.13 Å². The fourth-order valence-electron chi connectivity index (χ4n) is 4.16. The van der Waals surface area contributed by atoms with Gasteiger partial charge in [-0.3, -0.25) is 14.5 Å². The number of hydrogen-bond donors (Lipinski definition) is 2. The summed E-state index contributed by atoms with van der Waals surface area (Å²) in [6.45, 7) is 0. The quantitative estimate of drug-likeness (QED) is 0.543. The van der Waals surface area contributed by atoms with Gasteiger partial charge in [0.1, 0.15) is 17.3 Å². The third kappa shape index (κ3) is 4.20. The Balaban J connectivity index is 1.89. The SMILES string of the molecule is COc1ccc(OC)c(C2C(C#N)=C(N)N(c3nnc(SCC(N)=O)s3)C3=C2C(=O)CCC3)c1. The second kappa shape index (κ2) is 9.74. The van der Waals surface area contributed by atoms with E-state index in [1.165, 1.54) is 30.2 Å². The number of allylic oxidation sites excluding steroid dienone is 3. The van der Waals surface area contributed by atoms with Crippen LogP contribution in [0.3, 0.4) is 0 Å². The first-order chi connectivity index (χ1) is 16.4. The Labute approximate surface area is 204 Å². The number of hydrogen-bond acceptors (Lipinski definition) is 11. The maximum absolute atomic E-state index is 13.3. The molecule has 0 saturated heterocycles. The number of nitrogens with zero attached hydrogens (tertiary/aromatic N) is 4. The molecule has 1 amide bonds. The predicted octanol–water partition coefficient (Wildman–Crippen LogP) is 2.44. The number of carbonyl (C=O) groups is 2. The molecule has 34 heavy (non-hydrogen) atoms. The molecule has 0 spiro atoms. The number of nitriles is 1. The molecule has 2 aromatic rings. The van der Waals surface area contributed by atoms with Gasteiger partial charge in [-0.05, 0) is 31.0 Å². The summed E-state index contributed by atoms with van der Waals surface area (Å²) in [7, 11) is 3.08. The highest BCUT2D eigenvalue weighted by atomic mass is 32.2. The fourth-order valence-corrected chi connectivity index (χ4v) is 5.78. The van der Waals surface area contributed by atoms with Crippen molar-refractivity contribution < 1.29 is 19.1 Å². The average molecular weight is 499 g/mol. The number of ketones is 1. The lowest BCUT2D eigenvalue weighted by atomic mass is 9.75. The van der Waals surface area contributed by atoms with Crippen molar-refractivity contribution in [2.75, 3.05) is 24.9 Å². The van der Waals surface area contributed by atoms with Gasteiger partial charge in [0.25, 0.3) is 0 Å². The van der Waals surface area contributed by atoms with E-state index in [9.17, 15) is 14.9 Å². The number of amides is 1. The number of carbonyl (C=O) groups excluding carboxylic acids is 2. The van der Waals surface area contributed by atoms with Crippen molar-refractivity contribution in [3.63, 3.8) is 0 Å². The van der Waals surface area contributed by atoms with E-state index in [-0.39, 0.29) is 22.9 Å². The number of thioether (sulfide) groups is 1. The van der Waals surface area contributed by atoms with E-state index in [1.807, 2.05) is 0 Å². The number of ether oxygens (including phenoxy) is 2. The van der Waals surface area contributed by atoms with Gasteiger partial charge in [-0.1, -0.05) is 23.1 Å². The second-order valence-electron chi connectivity index (χ2n) is 7.53. The Morgan fingerprint density at radius 1 is 1.32 bits per heavy atom. The molecule has 4 rings (SSSR count). The molecule has 1 atom stereocenters. The van der Waals surface area contributed by atoms with Crippen LogP contribution < -0.4 is 25.8 Å².